The predicted octanol–water partition coefficient (Wildman–Crippen LogP) is 2.56. The number of benzene rings is 1. The zero-order valence-electron chi connectivity index (χ0n) is 10.5. The number of nitrogens with zero attached hydrogens (tertiary/aromatic N) is 1. The van der Waals surface area contributed by atoms with Gasteiger partial charge in [-0.3, -0.25) is 4.90 Å². The van der Waals surface area contributed by atoms with E-state index in [2.05, 4.69) is 18.7 Å². The summed E-state index contributed by atoms with van der Waals surface area (Å²) in [6, 6.07) is 6.90. The smallest absolute Gasteiger partial charge is 0.127 e. The molecule has 0 aliphatic carbocycles. The van der Waals surface area contributed by atoms with Crippen LogP contribution in [0.2, 0.25) is 0 Å². The third-order valence-corrected chi connectivity index (χ3v) is 3.39. The van der Waals surface area contributed by atoms with Gasteiger partial charge in [0.05, 0.1) is 0 Å². The Bertz CT molecular complexity index is 350. The maximum atomic E-state index is 13.6. The van der Waals surface area contributed by atoms with Crippen molar-refractivity contribution in [3.8, 4) is 0 Å². The minimum absolute atomic E-state index is 0.0137. The third-order valence-electron chi connectivity index (χ3n) is 3.39. The second-order valence-electron chi connectivity index (χ2n) is 4.82. The van der Waals surface area contributed by atoms with Crippen LogP contribution in [0.3, 0.4) is 0 Å². The Morgan fingerprint density at radius 1 is 1.38 bits per heavy atom. The van der Waals surface area contributed by atoms with E-state index < -0.39 is 0 Å². The van der Waals surface area contributed by atoms with Gasteiger partial charge in [0.2, 0.25) is 0 Å². The van der Waals surface area contributed by atoms with Gasteiger partial charge in [0, 0.05) is 23.7 Å². The molecular formula is C13H21FN2. The summed E-state index contributed by atoms with van der Waals surface area (Å²) in [5, 5.41) is 0. The second kappa shape index (κ2) is 4.93. The Kier molecular flexibility index (Phi) is 4.05. The quantitative estimate of drug-likeness (QED) is 0.851. The first kappa shape index (κ1) is 13.1. The standard InChI is InChI=1S/C13H21FN2/c1-10(16(4)13(2,3)9-15)11-7-5-6-8-12(11)14/h5-8,10H,9,15H2,1-4H3. The molecule has 0 fully saturated rings. The average Bonchev–Trinajstić information content (AvgIpc) is 2.27. The van der Waals surface area contributed by atoms with Crippen LogP contribution in [-0.2, 0) is 0 Å². The first-order chi connectivity index (χ1) is 7.40. The van der Waals surface area contributed by atoms with Gasteiger partial charge in [-0.15, -0.1) is 0 Å². The minimum atomic E-state index is -0.158. The van der Waals surface area contributed by atoms with Crippen LogP contribution < -0.4 is 5.73 Å². The molecule has 2 N–H and O–H groups in total. The SMILES string of the molecule is CC(c1ccccc1F)N(C)C(C)(C)CN. The summed E-state index contributed by atoms with van der Waals surface area (Å²) in [6.45, 7) is 6.66. The van der Waals surface area contributed by atoms with Crippen molar-refractivity contribution in [2.24, 2.45) is 5.73 Å². The van der Waals surface area contributed by atoms with Gasteiger partial charge in [0.1, 0.15) is 5.82 Å². The molecule has 1 aromatic rings. The largest absolute Gasteiger partial charge is 0.329 e. The van der Waals surface area contributed by atoms with Crippen LogP contribution in [0.15, 0.2) is 24.3 Å². The van der Waals surface area contributed by atoms with Gasteiger partial charge in [-0.1, -0.05) is 18.2 Å². The Hall–Kier alpha value is -0.930. The molecule has 0 aliphatic heterocycles. The molecule has 0 aliphatic rings. The monoisotopic (exact) mass is 224 g/mol. The van der Waals surface area contributed by atoms with Crippen molar-refractivity contribution < 1.29 is 4.39 Å². The van der Waals surface area contributed by atoms with Crippen LogP contribution in [0.1, 0.15) is 32.4 Å². The van der Waals surface area contributed by atoms with Crippen LogP contribution in [0.5, 0.6) is 0 Å². The van der Waals surface area contributed by atoms with E-state index in [-0.39, 0.29) is 17.4 Å². The van der Waals surface area contributed by atoms with Crippen LogP contribution in [-0.4, -0.2) is 24.0 Å². The van der Waals surface area contributed by atoms with E-state index in [1.807, 2.05) is 26.1 Å². The average molecular weight is 224 g/mol. The van der Waals surface area contributed by atoms with Crippen molar-refractivity contribution in [3.05, 3.63) is 35.6 Å². The highest BCUT2D eigenvalue weighted by atomic mass is 19.1. The van der Waals surface area contributed by atoms with Gasteiger partial charge >= 0.3 is 0 Å². The van der Waals surface area contributed by atoms with E-state index >= 15 is 0 Å². The zero-order valence-corrected chi connectivity index (χ0v) is 10.5. The molecule has 0 amide bonds. The first-order valence-electron chi connectivity index (χ1n) is 5.57. The summed E-state index contributed by atoms with van der Waals surface area (Å²) in [5.41, 5.74) is 6.30. The van der Waals surface area contributed by atoms with Crippen molar-refractivity contribution in [2.75, 3.05) is 13.6 Å². The topological polar surface area (TPSA) is 29.3 Å². The van der Waals surface area contributed by atoms with Crippen molar-refractivity contribution >= 4 is 0 Å². The summed E-state index contributed by atoms with van der Waals surface area (Å²) in [7, 11) is 1.98. The lowest BCUT2D eigenvalue weighted by Gasteiger charge is -2.39. The number of halogens is 1. The van der Waals surface area contributed by atoms with E-state index in [4.69, 9.17) is 5.73 Å². The van der Waals surface area contributed by atoms with Crippen molar-refractivity contribution in [1.82, 2.24) is 4.90 Å². The number of nitrogens with two attached hydrogens (primary N) is 1. The van der Waals surface area contributed by atoms with Gasteiger partial charge in [0.15, 0.2) is 0 Å². The predicted molar refractivity (Wildman–Crippen MR) is 65.7 cm³/mol. The third kappa shape index (κ3) is 2.60. The molecule has 1 unspecified atom stereocenters. The Morgan fingerprint density at radius 2 is 1.94 bits per heavy atom. The summed E-state index contributed by atoms with van der Waals surface area (Å²) in [6.07, 6.45) is 0. The van der Waals surface area contributed by atoms with Crippen molar-refractivity contribution in [2.45, 2.75) is 32.4 Å². The molecule has 0 heterocycles. The van der Waals surface area contributed by atoms with Gasteiger partial charge in [0.25, 0.3) is 0 Å². The maximum absolute atomic E-state index is 13.6. The molecule has 1 aromatic carbocycles. The molecular weight excluding hydrogens is 203 g/mol. The second-order valence-corrected chi connectivity index (χ2v) is 4.82. The Balaban J connectivity index is 2.95. The van der Waals surface area contributed by atoms with Crippen LogP contribution in [0, 0.1) is 5.82 Å². The van der Waals surface area contributed by atoms with Gasteiger partial charge < -0.3 is 5.73 Å². The van der Waals surface area contributed by atoms with Crippen LogP contribution in [0.25, 0.3) is 0 Å². The fraction of sp³-hybridized carbons (Fsp3) is 0.538. The lowest BCUT2D eigenvalue weighted by atomic mass is 9.98. The van der Waals surface area contributed by atoms with E-state index in [9.17, 15) is 4.39 Å². The highest BCUT2D eigenvalue weighted by molar-refractivity contribution is 5.21. The molecule has 0 saturated heterocycles. The maximum Gasteiger partial charge on any atom is 0.127 e. The molecule has 0 aromatic heterocycles. The molecule has 1 atom stereocenters. The number of likely N-dealkylation sites (N-methyl/N-ethyl adjacent to an activating group) is 1. The summed E-state index contributed by atoms with van der Waals surface area (Å²) >= 11 is 0. The number of hydrogen-bond donors (Lipinski definition) is 1. The van der Waals surface area contributed by atoms with Crippen molar-refractivity contribution in [3.63, 3.8) is 0 Å². The first-order valence-corrected chi connectivity index (χ1v) is 5.57. The highest BCUT2D eigenvalue weighted by Gasteiger charge is 2.27. The summed E-state index contributed by atoms with van der Waals surface area (Å²) < 4.78 is 13.6. The van der Waals surface area contributed by atoms with E-state index in [0.29, 0.717) is 12.1 Å². The normalized spacial score (nSPS) is 14.2. The lowest BCUT2D eigenvalue weighted by Crippen LogP contribution is -2.48. The van der Waals surface area contributed by atoms with Gasteiger partial charge in [-0.25, -0.2) is 4.39 Å². The van der Waals surface area contributed by atoms with Gasteiger partial charge in [-0.05, 0) is 33.9 Å². The van der Waals surface area contributed by atoms with Crippen LogP contribution in [0.4, 0.5) is 4.39 Å². The van der Waals surface area contributed by atoms with Crippen molar-refractivity contribution in [1.29, 1.82) is 0 Å². The molecule has 0 bridgehead atoms. The fourth-order valence-electron chi connectivity index (χ4n) is 1.69. The molecule has 0 saturated carbocycles. The molecule has 0 spiro atoms. The zero-order chi connectivity index (χ0) is 12.3. The lowest BCUT2D eigenvalue weighted by molar-refractivity contribution is 0.115. The molecule has 1 rings (SSSR count). The number of hydrogen-bond acceptors (Lipinski definition) is 2. The van der Waals surface area contributed by atoms with E-state index in [1.165, 1.54) is 6.07 Å². The molecule has 2 nitrogen and oxygen atoms in total. The summed E-state index contributed by atoms with van der Waals surface area (Å²) in [5.74, 6) is -0.158. The van der Waals surface area contributed by atoms with Crippen LogP contribution >= 0.6 is 0 Å². The molecule has 0 radical (unpaired) electrons. The minimum Gasteiger partial charge on any atom is -0.329 e. The van der Waals surface area contributed by atoms with E-state index in [0.717, 1.165) is 0 Å². The molecule has 16 heavy (non-hydrogen) atoms. The highest BCUT2D eigenvalue weighted by Crippen LogP contribution is 2.27. The number of rotatable bonds is 4. The Labute approximate surface area is 97.3 Å². The fourth-order valence-corrected chi connectivity index (χ4v) is 1.69. The molecule has 3 heteroatoms. The molecule has 90 valence electrons. The Morgan fingerprint density at radius 3 is 2.44 bits per heavy atom. The summed E-state index contributed by atoms with van der Waals surface area (Å²) in [4.78, 5) is 2.10. The van der Waals surface area contributed by atoms with E-state index in [1.54, 1.807) is 6.07 Å². The van der Waals surface area contributed by atoms with Gasteiger partial charge in [-0.2, -0.15) is 0 Å².